The molecule has 0 aromatic rings. The first-order valence-corrected chi connectivity index (χ1v) is 9.64. The van der Waals surface area contributed by atoms with Crippen LogP contribution in [0.2, 0.25) is 0 Å². The van der Waals surface area contributed by atoms with E-state index < -0.39 is 0 Å². The Morgan fingerprint density at radius 2 is 1.62 bits per heavy atom. The summed E-state index contributed by atoms with van der Waals surface area (Å²) in [6.07, 6.45) is 5.57. The van der Waals surface area contributed by atoms with E-state index in [1.54, 1.807) is 0 Å². The highest BCUT2D eigenvalue weighted by Crippen LogP contribution is 2.33. The second-order valence-electron chi connectivity index (χ2n) is 8.70. The van der Waals surface area contributed by atoms with E-state index in [1.807, 2.05) is 4.90 Å². The lowest BCUT2D eigenvalue weighted by Crippen LogP contribution is -2.63. The van der Waals surface area contributed by atoms with Crippen molar-refractivity contribution in [2.24, 2.45) is 5.92 Å². The molecule has 2 unspecified atom stereocenters. The molecule has 2 saturated heterocycles. The van der Waals surface area contributed by atoms with Crippen LogP contribution in [0.4, 0.5) is 0 Å². The molecule has 5 heteroatoms. The molecular weight excluding hydrogens is 302 g/mol. The van der Waals surface area contributed by atoms with Gasteiger partial charge >= 0.3 is 0 Å². The summed E-state index contributed by atoms with van der Waals surface area (Å²) < 4.78 is 0. The number of hydrogen-bond donors (Lipinski definition) is 0. The van der Waals surface area contributed by atoms with Crippen LogP contribution in [0.25, 0.3) is 0 Å². The Kier molecular flexibility index (Phi) is 4.92. The molecule has 2 heterocycles. The van der Waals surface area contributed by atoms with Gasteiger partial charge < -0.3 is 9.80 Å². The predicted molar refractivity (Wildman–Crippen MR) is 94.6 cm³/mol. The van der Waals surface area contributed by atoms with Crippen molar-refractivity contribution in [3.63, 3.8) is 0 Å². The fourth-order valence-electron chi connectivity index (χ4n) is 4.42. The standard InChI is InChI=1S/C19H33N3O2/c1-14-6-5-7-15(2)22(14)17(23)12-21-11-10-20(13-19(21,3)4)18(24)16-8-9-16/h14-16H,5-13H2,1-4H3. The third kappa shape index (κ3) is 3.61. The average Bonchev–Trinajstić information content (AvgIpc) is 3.32. The van der Waals surface area contributed by atoms with Gasteiger partial charge in [-0.05, 0) is 59.8 Å². The number of piperidine rings is 1. The van der Waals surface area contributed by atoms with Crippen LogP contribution in [0.3, 0.4) is 0 Å². The number of carbonyl (C=O) groups excluding carboxylic acids is 2. The molecule has 136 valence electrons. The molecule has 3 rings (SSSR count). The topological polar surface area (TPSA) is 43.9 Å². The summed E-state index contributed by atoms with van der Waals surface area (Å²) in [4.78, 5) is 31.6. The van der Waals surface area contributed by atoms with E-state index in [9.17, 15) is 9.59 Å². The maximum absolute atomic E-state index is 12.9. The third-order valence-corrected chi connectivity index (χ3v) is 6.12. The second-order valence-corrected chi connectivity index (χ2v) is 8.70. The highest BCUT2D eigenvalue weighted by Gasteiger charge is 2.41. The predicted octanol–water partition coefficient (Wildman–Crippen LogP) is 2.11. The molecule has 3 aliphatic rings. The van der Waals surface area contributed by atoms with Crippen LogP contribution >= 0.6 is 0 Å². The van der Waals surface area contributed by atoms with Crippen LogP contribution in [0.15, 0.2) is 0 Å². The lowest BCUT2D eigenvalue weighted by Gasteiger charge is -2.48. The van der Waals surface area contributed by atoms with Gasteiger partial charge in [-0.3, -0.25) is 14.5 Å². The first-order valence-electron chi connectivity index (χ1n) is 9.64. The summed E-state index contributed by atoms with van der Waals surface area (Å²) in [6.45, 7) is 11.4. The maximum atomic E-state index is 12.9. The molecule has 0 aromatic carbocycles. The summed E-state index contributed by atoms with van der Waals surface area (Å²) in [5.74, 6) is 0.862. The number of hydrogen-bond acceptors (Lipinski definition) is 3. The maximum Gasteiger partial charge on any atom is 0.237 e. The number of amides is 2. The van der Waals surface area contributed by atoms with Crippen molar-refractivity contribution in [1.29, 1.82) is 0 Å². The Hall–Kier alpha value is -1.10. The van der Waals surface area contributed by atoms with Crippen molar-refractivity contribution in [2.75, 3.05) is 26.2 Å². The van der Waals surface area contributed by atoms with Gasteiger partial charge in [0.15, 0.2) is 0 Å². The zero-order chi connectivity index (χ0) is 17.5. The molecule has 1 saturated carbocycles. The molecule has 0 aromatic heterocycles. The molecular formula is C19H33N3O2. The summed E-state index contributed by atoms with van der Waals surface area (Å²) in [5.41, 5.74) is -0.138. The summed E-state index contributed by atoms with van der Waals surface area (Å²) in [5, 5.41) is 0. The molecule has 0 spiro atoms. The van der Waals surface area contributed by atoms with E-state index in [0.29, 0.717) is 24.5 Å². The number of nitrogens with zero attached hydrogens (tertiary/aromatic N) is 3. The molecule has 1 aliphatic carbocycles. The van der Waals surface area contributed by atoms with E-state index in [0.717, 1.165) is 45.3 Å². The third-order valence-electron chi connectivity index (χ3n) is 6.12. The van der Waals surface area contributed by atoms with E-state index in [2.05, 4.69) is 37.5 Å². The first kappa shape index (κ1) is 17.7. The molecule has 2 amide bonds. The Morgan fingerprint density at radius 1 is 1.00 bits per heavy atom. The number of piperazine rings is 1. The van der Waals surface area contributed by atoms with Gasteiger partial charge in [0.25, 0.3) is 0 Å². The lowest BCUT2D eigenvalue weighted by atomic mass is 9.96. The molecule has 2 atom stereocenters. The smallest absolute Gasteiger partial charge is 0.237 e. The molecule has 5 nitrogen and oxygen atoms in total. The molecule has 3 fully saturated rings. The Bertz CT molecular complexity index is 491. The van der Waals surface area contributed by atoms with E-state index >= 15 is 0 Å². The fourth-order valence-corrected chi connectivity index (χ4v) is 4.42. The van der Waals surface area contributed by atoms with Crippen molar-refractivity contribution in [2.45, 2.75) is 77.4 Å². The molecule has 0 radical (unpaired) electrons. The summed E-state index contributed by atoms with van der Waals surface area (Å²) in [6, 6.07) is 0.698. The van der Waals surface area contributed by atoms with E-state index in [4.69, 9.17) is 0 Å². The number of carbonyl (C=O) groups is 2. The normalized spacial score (nSPS) is 31.2. The van der Waals surface area contributed by atoms with Crippen LogP contribution in [0.1, 0.15) is 59.8 Å². The van der Waals surface area contributed by atoms with Crippen LogP contribution in [0.5, 0.6) is 0 Å². The van der Waals surface area contributed by atoms with Gasteiger partial charge in [-0.2, -0.15) is 0 Å². The van der Waals surface area contributed by atoms with Crippen LogP contribution in [-0.4, -0.2) is 70.3 Å². The van der Waals surface area contributed by atoms with Crippen molar-refractivity contribution in [3.05, 3.63) is 0 Å². The van der Waals surface area contributed by atoms with Gasteiger partial charge in [0.05, 0.1) is 6.54 Å². The van der Waals surface area contributed by atoms with Crippen LogP contribution < -0.4 is 0 Å². The average molecular weight is 335 g/mol. The quantitative estimate of drug-likeness (QED) is 0.793. The summed E-state index contributed by atoms with van der Waals surface area (Å²) >= 11 is 0. The van der Waals surface area contributed by atoms with Crippen LogP contribution in [-0.2, 0) is 9.59 Å². The van der Waals surface area contributed by atoms with E-state index in [1.165, 1.54) is 6.42 Å². The zero-order valence-corrected chi connectivity index (χ0v) is 15.8. The monoisotopic (exact) mass is 335 g/mol. The summed E-state index contributed by atoms with van der Waals surface area (Å²) in [7, 11) is 0. The lowest BCUT2D eigenvalue weighted by molar-refractivity contribution is -0.144. The highest BCUT2D eigenvalue weighted by atomic mass is 16.2. The van der Waals surface area contributed by atoms with Gasteiger partial charge in [0.1, 0.15) is 0 Å². The van der Waals surface area contributed by atoms with Crippen LogP contribution in [0, 0.1) is 5.92 Å². The molecule has 24 heavy (non-hydrogen) atoms. The van der Waals surface area contributed by atoms with Gasteiger partial charge in [-0.25, -0.2) is 0 Å². The van der Waals surface area contributed by atoms with Gasteiger partial charge in [0.2, 0.25) is 11.8 Å². The number of likely N-dealkylation sites (tertiary alicyclic amines) is 1. The SMILES string of the molecule is CC1CCCC(C)N1C(=O)CN1CCN(C(=O)C2CC2)CC1(C)C. The van der Waals surface area contributed by atoms with Gasteiger partial charge in [-0.15, -0.1) is 0 Å². The van der Waals surface area contributed by atoms with Gasteiger partial charge in [-0.1, -0.05) is 0 Å². The van der Waals surface area contributed by atoms with Crippen molar-refractivity contribution in [3.8, 4) is 0 Å². The minimum Gasteiger partial charge on any atom is -0.339 e. The fraction of sp³-hybridized carbons (Fsp3) is 0.895. The van der Waals surface area contributed by atoms with Crippen molar-refractivity contribution in [1.82, 2.24) is 14.7 Å². The van der Waals surface area contributed by atoms with E-state index in [-0.39, 0.29) is 17.4 Å². The van der Waals surface area contributed by atoms with Gasteiger partial charge in [0, 0.05) is 43.2 Å². The molecule has 2 aliphatic heterocycles. The van der Waals surface area contributed by atoms with Crippen molar-refractivity contribution < 1.29 is 9.59 Å². The molecule has 0 bridgehead atoms. The minimum atomic E-state index is -0.138. The minimum absolute atomic E-state index is 0.138. The Labute approximate surface area is 146 Å². The Balaban J connectivity index is 1.60. The first-order chi connectivity index (χ1) is 11.3. The highest BCUT2D eigenvalue weighted by molar-refractivity contribution is 5.81. The van der Waals surface area contributed by atoms with Crippen molar-refractivity contribution >= 4 is 11.8 Å². The Morgan fingerprint density at radius 3 is 2.17 bits per heavy atom. The number of rotatable bonds is 3. The zero-order valence-electron chi connectivity index (χ0n) is 15.8. The second kappa shape index (κ2) is 6.66. The molecule has 0 N–H and O–H groups in total. The largest absolute Gasteiger partial charge is 0.339 e.